The molecule has 0 bridgehead atoms. The van der Waals surface area contributed by atoms with Gasteiger partial charge in [0, 0.05) is 5.69 Å². The molecular weight excluding hydrogens is 389 g/mol. The summed E-state index contributed by atoms with van der Waals surface area (Å²) < 4.78 is 29.3. The second-order valence-corrected chi connectivity index (χ2v) is 6.33. The normalized spacial score (nSPS) is 11.5. The minimum absolute atomic E-state index is 0.103. The van der Waals surface area contributed by atoms with Gasteiger partial charge in [-0.05, 0) is 50.6 Å². The fourth-order valence-corrected chi connectivity index (χ4v) is 2.58. The summed E-state index contributed by atoms with van der Waals surface area (Å²) >= 11 is 6.14. The molecule has 0 aliphatic carbocycles. The van der Waals surface area contributed by atoms with Gasteiger partial charge in [-0.1, -0.05) is 17.7 Å². The Morgan fingerprint density at radius 1 is 1.25 bits per heavy atom. The Bertz CT molecular complexity index is 887. The third-order valence-electron chi connectivity index (χ3n) is 3.85. The van der Waals surface area contributed by atoms with Crippen LogP contribution in [0.5, 0.6) is 11.5 Å². The number of aryl methyl sites for hydroxylation is 1. The molecule has 0 radical (unpaired) electrons. The molecule has 0 aromatic heterocycles. The molecule has 150 valence electrons. The number of carbonyl (C=O) groups excluding carboxylic acids is 2. The smallest absolute Gasteiger partial charge is 0.339 e. The summed E-state index contributed by atoms with van der Waals surface area (Å²) in [6, 6.07) is 7.08. The van der Waals surface area contributed by atoms with E-state index in [0.717, 1.165) is 0 Å². The summed E-state index contributed by atoms with van der Waals surface area (Å²) in [6.07, 6.45) is -1.12. The molecule has 8 heteroatoms. The molecule has 0 aliphatic heterocycles. The molecule has 0 fully saturated rings. The Labute approximate surface area is 167 Å². The van der Waals surface area contributed by atoms with E-state index in [4.69, 9.17) is 25.8 Å². The molecule has 0 spiro atoms. The van der Waals surface area contributed by atoms with Crippen molar-refractivity contribution in [2.45, 2.75) is 26.9 Å². The average molecular weight is 410 g/mol. The molecule has 0 aliphatic rings. The summed E-state index contributed by atoms with van der Waals surface area (Å²) in [7, 11) is 1.42. The first-order valence-electron chi connectivity index (χ1n) is 8.55. The number of anilines is 1. The minimum atomic E-state index is -1.12. The van der Waals surface area contributed by atoms with Crippen molar-refractivity contribution < 1.29 is 28.2 Å². The Morgan fingerprint density at radius 3 is 2.57 bits per heavy atom. The Kier molecular flexibility index (Phi) is 7.23. The van der Waals surface area contributed by atoms with E-state index < -0.39 is 23.8 Å². The standard InChI is InChI=1S/C20H21ClFNO5/c1-5-27-18-15(21)8-13(9-17(18)26-4)20(25)28-12(3)19(24)23-14-7-6-11(2)16(22)10-14/h6-10,12H,5H2,1-4H3,(H,23,24)/t12-/m0/s1. The number of hydrogen-bond donors (Lipinski definition) is 1. The highest BCUT2D eigenvalue weighted by Crippen LogP contribution is 2.36. The molecule has 2 aromatic rings. The maximum absolute atomic E-state index is 13.6. The zero-order valence-corrected chi connectivity index (χ0v) is 16.7. The van der Waals surface area contributed by atoms with Crippen LogP contribution in [-0.4, -0.2) is 31.7 Å². The molecule has 2 rings (SSSR count). The molecule has 0 unspecified atom stereocenters. The van der Waals surface area contributed by atoms with Gasteiger partial charge in [0.25, 0.3) is 5.91 Å². The largest absolute Gasteiger partial charge is 0.493 e. The lowest BCUT2D eigenvalue weighted by molar-refractivity contribution is -0.123. The third-order valence-corrected chi connectivity index (χ3v) is 4.13. The molecule has 28 heavy (non-hydrogen) atoms. The summed E-state index contributed by atoms with van der Waals surface area (Å²) in [4.78, 5) is 24.6. The van der Waals surface area contributed by atoms with Gasteiger partial charge in [0.1, 0.15) is 5.82 Å². The van der Waals surface area contributed by atoms with Gasteiger partial charge < -0.3 is 19.5 Å². The van der Waals surface area contributed by atoms with E-state index in [2.05, 4.69) is 5.32 Å². The van der Waals surface area contributed by atoms with Gasteiger partial charge in [0.2, 0.25) is 0 Å². The Hall–Kier alpha value is -2.80. The number of nitrogens with one attached hydrogen (secondary N) is 1. The average Bonchev–Trinajstić information content (AvgIpc) is 2.66. The van der Waals surface area contributed by atoms with Gasteiger partial charge in [0.15, 0.2) is 17.6 Å². The second-order valence-electron chi connectivity index (χ2n) is 5.92. The number of rotatable bonds is 7. The zero-order valence-electron chi connectivity index (χ0n) is 16.0. The number of hydrogen-bond acceptors (Lipinski definition) is 5. The fourth-order valence-electron chi connectivity index (χ4n) is 2.32. The van der Waals surface area contributed by atoms with E-state index >= 15 is 0 Å². The zero-order chi connectivity index (χ0) is 20.8. The van der Waals surface area contributed by atoms with Gasteiger partial charge >= 0.3 is 5.97 Å². The Morgan fingerprint density at radius 2 is 1.96 bits per heavy atom. The van der Waals surface area contributed by atoms with Crippen LogP contribution in [0.4, 0.5) is 10.1 Å². The second kappa shape index (κ2) is 9.41. The van der Waals surface area contributed by atoms with E-state index in [0.29, 0.717) is 17.9 Å². The lowest BCUT2D eigenvalue weighted by Gasteiger charge is -2.16. The van der Waals surface area contributed by atoms with Crippen LogP contribution in [0.25, 0.3) is 0 Å². The maximum atomic E-state index is 13.6. The van der Waals surface area contributed by atoms with Gasteiger partial charge in [-0.15, -0.1) is 0 Å². The van der Waals surface area contributed by atoms with Crippen molar-refractivity contribution in [3.8, 4) is 11.5 Å². The van der Waals surface area contributed by atoms with Gasteiger partial charge in [-0.3, -0.25) is 4.79 Å². The van der Waals surface area contributed by atoms with Crippen LogP contribution in [0.1, 0.15) is 29.8 Å². The lowest BCUT2D eigenvalue weighted by Crippen LogP contribution is -2.30. The van der Waals surface area contributed by atoms with Crippen LogP contribution < -0.4 is 14.8 Å². The van der Waals surface area contributed by atoms with Gasteiger partial charge in [0.05, 0.1) is 24.3 Å². The number of halogens is 2. The van der Waals surface area contributed by atoms with Gasteiger partial charge in [-0.2, -0.15) is 0 Å². The fraction of sp³-hybridized carbons (Fsp3) is 0.300. The number of methoxy groups -OCH3 is 1. The van der Waals surface area contributed by atoms with E-state index in [9.17, 15) is 14.0 Å². The summed E-state index contributed by atoms with van der Waals surface area (Å²) in [6.45, 7) is 5.18. The number of ether oxygens (including phenoxy) is 3. The first kappa shape index (κ1) is 21.5. The quantitative estimate of drug-likeness (QED) is 0.687. The first-order valence-corrected chi connectivity index (χ1v) is 8.93. The summed E-state index contributed by atoms with van der Waals surface area (Å²) in [5.74, 6) is -1.22. The molecular formula is C20H21ClFNO5. The van der Waals surface area contributed by atoms with E-state index in [1.54, 1.807) is 19.9 Å². The number of carbonyl (C=O) groups is 2. The van der Waals surface area contributed by atoms with Crippen LogP contribution in [0.2, 0.25) is 5.02 Å². The third kappa shape index (κ3) is 5.13. The highest BCUT2D eigenvalue weighted by atomic mass is 35.5. The number of esters is 1. The van der Waals surface area contributed by atoms with Gasteiger partial charge in [-0.25, -0.2) is 9.18 Å². The highest BCUT2D eigenvalue weighted by Gasteiger charge is 2.22. The van der Waals surface area contributed by atoms with Crippen molar-refractivity contribution in [3.05, 3.63) is 52.3 Å². The summed E-state index contributed by atoms with van der Waals surface area (Å²) in [5.41, 5.74) is 0.826. The SMILES string of the molecule is CCOc1c(Cl)cc(C(=O)O[C@@H](C)C(=O)Nc2ccc(C)c(F)c2)cc1OC. The molecule has 1 amide bonds. The van der Waals surface area contributed by atoms with E-state index in [1.807, 2.05) is 0 Å². The van der Waals surface area contributed by atoms with Crippen LogP contribution in [0.15, 0.2) is 30.3 Å². The first-order chi connectivity index (χ1) is 13.3. The highest BCUT2D eigenvalue weighted by molar-refractivity contribution is 6.32. The molecule has 0 saturated carbocycles. The van der Waals surface area contributed by atoms with Crippen LogP contribution in [0, 0.1) is 12.7 Å². The maximum Gasteiger partial charge on any atom is 0.339 e. The lowest BCUT2D eigenvalue weighted by atomic mass is 10.2. The number of benzene rings is 2. The minimum Gasteiger partial charge on any atom is -0.493 e. The molecule has 0 saturated heterocycles. The molecule has 2 aromatic carbocycles. The Balaban J connectivity index is 2.09. The summed E-state index contributed by atoms with van der Waals surface area (Å²) in [5, 5.41) is 2.68. The molecule has 6 nitrogen and oxygen atoms in total. The monoisotopic (exact) mass is 409 g/mol. The van der Waals surface area contributed by atoms with Crippen LogP contribution >= 0.6 is 11.6 Å². The van der Waals surface area contributed by atoms with E-state index in [1.165, 1.54) is 38.3 Å². The van der Waals surface area contributed by atoms with Crippen molar-refractivity contribution in [1.82, 2.24) is 0 Å². The van der Waals surface area contributed by atoms with E-state index in [-0.39, 0.29) is 22.0 Å². The molecule has 0 heterocycles. The molecule has 1 atom stereocenters. The van der Waals surface area contributed by atoms with Crippen molar-refractivity contribution >= 4 is 29.2 Å². The number of amides is 1. The topological polar surface area (TPSA) is 73.9 Å². The van der Waals surface area contributed by atoms with Crippen molar-refractivity contribution in [3.63, 3.8) is 0 Å². The predicted molar refractivity (Wildman–Crippen MR) is 104 cm³/mol. The van der Waals surface area contributed by atoms with Crippen LogP contribution in [0.3, 0.4) is 0 Å². The predicted octanol–water partition coefficient (Wildman–Crippen LogP) is 4.38. The van der Waals surface area contributed by atoms with Crippen molar-refractivity contribution in [2.75, 3.05) is 19.0 Å². The molecule has 1 N–H and O–H groups in total. The van der Waals surface area contributed by atoms with Crippen molar-refractivity contribution in [1.29, 1.82) is 0 Å². The van der Waals surface area contributed by atoms with Crippen molar-refractivity contribution in [2.24, 2.45) is 0 Å². The van der Waals surface area contributed by atoms with Crippen LogP contribution in [-0.2, 0) is 9.53 Å².